The number of rotatable bonds is 3. The predicted octanol–water partition coefficient (Wildman–Crippen LogP) is 4.03. The maximum Gasteiger partial charge on any atom is 0.0816 e. The molecule has 0 spiro atoms. The Morgan fingerprint density at radius 3 is 2.76 bits per heavy atom. The molecule has 0 aliphatic heterocycles. The van der Waals surface area contributed by atoms with Gasteiger partial charge in [-0.05, 0) is 57.6 Å². The molecule has 3 N–H and O–H groups in total. The van der Waals surface area contributed by atoms with Crippen LogP contribution in [0, 0.1) is 6.92 Å². The van der Waals surface area contributed by atoms with E-state index in [-0.39, 0.29) is 6.04 Å². The van der Waals surface area contributed by atoms with Crippen molar-refractivity contribution in [2.45, 2.75) is 13.0 Å². The van der Waals surface area contributed by atoms with Crippen LogP contribution >= 0.6 is 38.9 Å². The van der Waals surface area contributed by atoms with Crippen molar-refractivity contribution in [3.05, 3.63) is 55.1 Å². The van der Waals surface area contributed by atoms with Gasteiger partial charge in [-0.1, -0.05) is 17.7 Å². The van der Waals surface area contributed by atoms with E-state index in [9.17, 15) is 0 Å². The van der Waals surface area contributed by atoms with Crippen LogP contribution in [0.25, 0.3) is 0 Å². The van der Waals surface area contributed by atoms with Crippen LogP contribution in [0.5, 0.6) is 0 Å². The van der Waals surface area contributed by atoms with Crippen molar-refractivity contribution in [2.75, 3.05) is 0 Å². The van der Waals surface area contributed by atoms with E-state index in [1.807, 2.05) is 29.6 Å². The van der Waals surface area contributed by atoms with Gasteiger partial charge in [0.25, 0.3) is 0 Å². The average Bonchev–Trinajstić information content (AvgIpc) is 2.71. The van der Waals surface area contributed by atoms with Gasteiger partial charge in [0.1, 0.15) is 0 Å². The van der Waals surface area contributed by atoms with Crippen LogP contribution in [0.2, 0.25) is 5.02 Å². The molecule has 1 atom stereocenters. The van der Waals surface area contributed by atoms with Crippen LogP contribution in [0.15, 0.2) is 34.1 Å². The fourth-order valence-corrected chi connectivity index (χ4v) is 3.60. The average molecular weight is 332 g/mol. The van der Waals surface area contributed by atoms with Gasteiger partial charge in [-0.15, -0.1) is 11.3 Å². The molecular formula is C12H12BrClN2S. The number of hydrogen-bond acceptors (Lipinski definition) is 3. The number of hydrogen-bond donors (Lipinski definition) is 2. The lowest BCUT2D eigenvalue weighted by atomic mass is 10.0. The molecule has 1 heterocycles. The third-order valence-corrected chi connectivity index (χ3v) is 4.80. The SMILES string of the molecule is Cc1ccc(Cl)cc1C(NN)c1sccc1Br. The molecule has 2 rings (SSSR count). The number of nitrogens with two attached hydrogens (primary N) is 1. The zero-order valence-corrected chi connectivity index (χ0v) is 12.4. The quantitative estimate of drug-likeness (QED) is 0.658. The fraction of sp³-hybridized carbons (Fsp3) is 0.167. The summed E-state index contributed by atoms with van der Waals surface area (Å²) in [6.07, 6.45) is 0. The van der Waals surface area contributed by atoms with E-state index in [0.29, 0.717) is 0 Å². The summed E-state index contributed by atoms with van der Waals surface area (Å²) < 4.78 is 1.06. The first kappa shape index (κ1) is 13.1. The Balaban J connectivity index is 2.49. The Morgan fingerprint density at radius 1 is 1.41 bits per heavy atom. The minimum Gasteiger partial charge on any atom is -0.271 e. The number of thiophene rings is 1. The summed E-state index contributed by atoms with van der Waals surface area (Å²) in [6.45, 7) is 2.05. The summed E-state index contributed by atoms with van der Waals surface area (Å²) in [5.74, 6) is 5.68. The first-order valence-electron chi connectivity index (χ1n) is 5.08. The van der Waals surface area contributed by atoms with Gasteiger partial charge in [-0.3, -0.25) is 5.84 Å². The van der Waals surface area contributed by atoms with E-state index in [1.54, 1.807) is 11.3 Å². The maximum atomic E-state index is 6.04. The standard InChI is InChI=1S/C12H12BrClN2S/c1-7-2-3-8(14)6-9(7)11(16-15)12-10(13)4-5-17-12/h2-6,11,16H,15H2,1H3. The van der Waals surface area contributed by atoms with Crippen molar-refractivity contribution < 1.29 is 0 Å². The van der Waals surface area contributed by atoms with Gasteiger partial charge >= 0.3 is 0 Å². The second-order valence-electron chi connectivity index (χ2n) is 3.73. The summed E-state index contributed by atoms with van der Waals surface area (Å²) in [6, 6.07) is 7.82. The van der Waals surface area contributed by atoms with Crippen molar-refractivity contribution in [1.82, 2.24) is 5.43 Å². The number of hydrazine groups is 1. The lowest BCUT2D eigenvalue weighted by molar-refractivity contribution is 0.641. The van der Waals surface area contributed by atoms with E-state index in [0.717, 1.165) is 25.5 Å². The van der Waals surface area contributed by atoms with E-state index < -0.39 is 0 Å². The molecule has 5 heteroatoms. The topological polar surface area (TPSA) is 38.0 Å². The highest BCUT2D eigenvalue weighted by Gasteiger charge is 2.18. The van der Waals surface area contributed by atoms with Gasteiger partial charge in [0.05, 0.1) is 6.04 Å². The first-order chi connectivity index (χ1) is 8.13. The van der Waals surface area contributed by atoms with Gasteiger partial charge in [0.2, 0.25) is 0 Å². The van der Waals surface area contributed by atoms with Gasteiger partial charge in [-0.2, -0.15) is 0 Å². The molecule has 0 radical (unpaired) electrons. The molecule has 90 valence electrons. The van der Waals surface area contributed by atoms with Gasteiger partial charge in [0.15, 0.2) is 0 Å². The van der Waals surface area contributed by atoms with E-state index in [1.165, 1.54) is 0 Å². The molecule has 0 aliphatic rings. The monoisotopic (exact) mass is 330 g/mol. The van der Waals surface area contributed by atoms with Gasteiger partial charge in [0, 0.05) is 14.4 Å². The molecule has 17 heavy (non-hydrogen) atoms. The molecule has 0 fully saturated rings. The predicted molar refractivity (Wildman–Crippen MR) is 77.4 cm³/mol. The highest BCUT2D eigenvalue weighted by Crippen LogP contribution is 2.34. The molecule has 0 bridgehead atoms. The van der Waals surface area contributed by atoms with E-state index in [4.69, 9.17) is 17.4 Å². The Labute approximate surface area is 118 Å². The van der Waals surface area contributed by atoms with Crippen LogP contribution in [0.3, 0.4) is 0 Å². The summed E-state index contributed by atoms with van der Waals surface area (Å²) in [5.41, 5.74) is 5.12. The molecule has 0 saturated heterocycles. The molecule has 0 aliphatic carbocycles. The Morgan fingerprint density at radius 2 is 2.18 bits per heavy atom. The van der Waals surface area contributed by atoms with Crippen molar-refractivity contribution in [3.8, 4) is 0 Å². The summed E-state index contributed by atoms with van der Waals surface area (Å²) >= 11 is 11.2. The Kier molecular flexibility index (Phi) is 4.22. The van der Waals surface area contributed by atoms with Crippen molar-refractivity contribution >= 4 is 38.9 Å². The van der Waals surface area contributed by atoms with E-state index >= 15 is 0 Å². The highest BCUT2D eigenvalue weighted by atomic mass is 79.9. The molecule has 0 amide bonds. The third kappa shape index (κ3) is 2.72. The second kappa shape index (κ2) is 5.50. The van der Waals surface area contributed by atoms with Crippen LogP contribution in [-0.2, 0) is 0 Å². The number of benzene rings is 1. The zero-order valence-electron chi connectivity index (χ0n) is 9.21. The van der Waals surface area contributed by atoms with Crippen LogP contribution in [0.1, 0.15) is 22.0 Å². The van der Waals surface area contributed by atoms with Crippen LogP contribution < -0.4 is 11.3 Å². The summed E-state index contributed by atoms with van der Waals surface area (Å²) in [5, 5.41) is 2.75. The molecule has 2 nitrogen and oxygen atoms in total. The second-order valence-corrected chi connectivity index (χ2v) is 5.97. The minimum absolute atomic E-state index is 0.0388. The third-order valence-electron chi connectivity index (χ3n) is 2.63. The highest BCUT2D eigenvalue weighted by molar-refractivity contribution is 9.10. The Hall–Kier alpha value is -0.390. The summed E-state index contributed by atoms with van der Waals surface area (Å²) in [4.78, 5) is 1.15. The molecule has 1 aromatic heterocycles. The van der Waals surface area contributed by atoms with Crippen molar-refractivity contribution in [2.24, 2.45) is 5.84 Å². The van der Waals surface area contributed by atoms with Gasteiger partial charge < -0.3 is 0 Å². The Bertz CT molecular complexity index is 527. The largest absolute Gasteiger partial charge is 0.271 e. The molecule has 0 saturated carbocycles. The lowest BCUT2D eigenvalue weighted by Crippen LogP contribution is -2.29. The van der Waals surface area contributed by atoms with Crippen molar-refractivity contribution in [3.63, 3.8) is 0 Å². The van der Waals surface area contributed by atoms with Crippen LogP contribution in [0.4, 0.5) is 0 Å². The first-order valence-corrected chi connectivity index (χ1v) is 7.13. The van der Waals surface area contributed by atoms with E-state index in [2.05, 4.69) is 28.3 Å². The smallest absolute Gasteiger partial charge is 0.0816 e. The minimum atomic E-state index is -0.0388. The van der Waals surface area contributed by atoms with Crippen LogP contribution in [-0.4, -0.2) is 0 Å². The number of nitrogens with one attached hydrogen (secondary N) is 1. The molecular weight excluding hydrogens is 320 g/mol. The number of halogens is 2. The summed E-state index contributed by atoms with van der Waals surface area (Å²) in [7, 11) is 0. The molecule has 1 aromatic carbocycles. The van der Waals surface area contributed by atoms with Gasteiger partial charge in [-0.25, -0.2) is 5.43 Å². The molecule has 2 aromatic rings. The van der Waals surface area contributed by atoms with Crippen molar-refractivity contribution in [1.29, 1.82) is 0 Å². The maximum absolute atomic E-state index is 6.04. The number of aryl methyl sites for hydroxylation is 1. The lowest BCUT2D eigenvalue weighted by Gasteiger charge is -2.18. The molecule has 1 unspecified atom stereocenters. The fourth-order valence-electron chi connectivity index (χ4n) is 1.74. The zero-order chi connectivity index (χ0) is 12.4. The normalized spacial score (nSPS) is 12.7.